The van der Waals surface area contributed by atoms with Crippen molar-refractivity contribution in [1.29, 1.82) is 0 Å². The molecule has 0 N–H and O–H groups in total. The second kappa shape index (κ2) is 6.23. The summed E-state index contributed by atoms with van der Waals surface area (Å²) in [5, 5.41) is 0.981. The van der Waals surface area contributed by atoms with Gasteiger partial charge >= 0.3 is 5.97 Å². The molecule has 1 aromatic heterocycles. The zero-order chi connectivity index (χ0) is 13.8. The molecule has 2 aromatic rings. The monoisotopic (exact) mass is 317 g/mol. The summed E-state index contributed by atoms with van der Waals surface area (Å²) < 4.78 is 10.0. The molecule has 0 fully saturated rings. The number of carbonyl (C=O) groups is 1. The number of thiazole rings is 1. The average molecular weight is 318 g/mol. The molecular weight excluding hydrogens is 309 g/mol. The second-order valence-corrected chi connectivity index (χ2v) is 5.20. The van der Waals surface area contributed by atoms with Crippen LogP contribution < -0.4 is 4.74 Å². The first kappa shape index (κ1) is 14.1. The van der Waals surface area contributed by atoms with Gasteiger partial charge in [0.2, 0.25) is 0 Å². The summed E-state index contributed by atoms with van der Waals surface area (Å²) in [7, 11) is 1.28. The molecule has 0 radical (unpaired) electrons. The zero-order valence-electron chi connectivity index (χ0n) is 9.85. The number of aromatic nitrogens is 1. The predicted molar refractivity (Wildman–Crippen MR) is 74.2 cm³/mol. The van der Waals surface area contributed by atoms with Gasteiger partial charge in [-0.25, -0.2) is 4.79 Å². The summed E-state index contributed by atoms with van der Waals surface area (Å²) in [6.45, 7) is 0.254. The minimum Gasteiger partial charge on any atom is -0.465 e. The van der Waals surface area contributed by atoms with Crippen LogP contribution in [0, 0.1) is 0 Å². The number of nitrogens with zero attached hydrogens (tertiary/aromatic N) is 1. The molecule has 2 rings (SSSR count). The highest BCUT2D eigenvalue weighted by atomic mass is 35.5. The van der Waals surface area contributed by atoms with Crippen molar-refractivity contribution < 1.29 is 14.3 Å². The highest BCUT2D eigenvalue weighted by molar-refractivity contribution is 7.15. The summed E-state index contributed by atoms with van der Waals surface area (Å²) in [4.78, 5) is 15.5. The molecule has 0 saturated carbocycles. The lowest BCUT2D eigenvalue weighted by atomic mass is 10.2. The molecule has 0 aliphatic carbocycles. The van der Waals surface area contributed by atoms with Crippen LogP contribution in [-0.4, -0.2) is 18.1 Å². The molecule has 19 heavy (non-hydrogen) atoms. The highest BCUT2D eigenvalue weighted by Gasteiger charge is 2.18. The molecule has 4 nitrogen and oxygen atoms in total. The number of methoxy groups -OCH3 is 1. The maximum Gasteiger partial charge on any atom is 0.351 e. The summed E-state index contributed by atoms with van der Waals surface area (Å²) in [5.74, 6) is -0.532. The van der Waals surface area contributed by atoms with Crippen LogP contribution >= 0.6 is 34.5 Å². The van der Waals surface area contributed by atoms with E-state index in [1.54, 1.807) is 6.07 Å². The lowest BCUT2D eigenvalue weighted by Crippen LogP contribution is -1.98. The van der Waals surface area contributed by atoms with Crippen LogP contribution in [0.25, 0.3) is 0 Å². The third kappa shape index (κ3) is 3.37. The molecule has 7 heteroatoms. The predicted octanol–water partition coefficient (Wildman–Crippen LogP) is 3.82. The maximum absolute atomic E-state index is 11.4. The maximum atomic E-state index is 11.4. The van der Waals surface area contributed by atoms with Crippen molar-refractivity contribution in [3.05, 3.63) is 44.9 Å². The van der Waals surface area contributed by atoms with E-state index < -0.39 is 5.97 Å². The fourth-order valence-electron chi connectivity index (χ4n) is 1.32. The Morgan fingerprint density at radius 3 is 2.79 bits per heavy atom. The van der Waals surface area contributed by atoms with Gasteiger partial charge < -0.3 is 9.47 Å². The fourth-order valence-corrected chi connectivity index (χ4v) is 2.55. The molecule has 0 aliphatic heterocycles. The third-order valence-corrected chi connectivity index (χ3v) is 3.95. The van der Waals surface area contributed by atoms with Crippen LogP contribution in [0.3, 0.4) is 0 Å². The van der Waals surface area contributed by atoms with Crippen molar-refractivity contribution in [2.45, 2.75) is 6.61 Å². The number of halogens is 2. The number of rotatable bonds is 4. The van der Waals surface area contributed by atoms with E-state index >= 15 is 0 Å². The Balaban J connectivity index is 2.09. The van der Waals surface area contributed by atoms with Crippen molar-refractivity contribution in [3.8, 4) is 5.19 Å². The number of esters is 1. The number of carbonyl (C=O) groups excluding carboxylic acids is 1. The molecule has 0 amide bonds. The molecule has 0 atom stereocenters. The van der Waals surface area contributed by atoms with Gasteiger partial charge in [0.1, 0.15) is 6.61 Å². The van der Waals surface area contributed by atoms with Crippen LogP contribution in [0.1, 0.15) is 15.2 Å². The van der Waals surface area contributed by atoms with Crippen LogP contribution in [0.2, 0.25) is 10.2 Å². The standard InChI is InChI=1S/C12H9Cl2NO3S/c1-17-11(16)9-10(14)15-12(19-9)18-6-7-4-2-3-5-8(7)13/h2-5H,6H2,1H3. The lowest BCUT2D eigenvalue weighted by Gasteiger charge is -2.03. The zero-order valence-corrected chi connectivity index (χ0v) is 12.2. The average Bonchev–Trinajstić information content (AvgIpc) is 2.78. The SMILES string of the molecule is COC(=O)c1sc(OCc2ccccc2Cl)nc1Cl. The third-order valence-electron chi connectivity index (χ3n) is 2.25. The molecule has 0 unspecified atom stereocenters. The molecule has 0 aliphatic rings. The van der Waals surface area contributed by atoms with E-state index in [1.807, 2.05) is 18.2 Å². The van der Waals surface area contributed by atoms with Gasteiger partial charge in [-0.2, -0.15) is 4.98 Å². The molecule has 100 valence electrons. The van der Waals surface area contributed by atoms with Crippen molar-refractivity contribution >= 4 is 40.5 Å². The van der Waals surface area contributed by atoms with Gasteiger partial charge in [0, 0.05) is 10.6 Å². The van der Waals surface area contributed by atoms with Crippen LogP contribution in [0.15, 0.2) is 24.3 Å². The van der Waals surface area contributed by atoms with E-state index in [0.717, 1.165) is 16.9 Å². The van der Waals surface area contributed by atoms with Gasteiger partial charge in [0.25, 0.3) is 5.19 Å². The van der Waals surface area contributed by atoms with Crippen molar-refractivity contribution in [2.24, 2.45) is 0 Å². The Morgan fingerprint density at radius 1 is 1.37 bits per heavy atom. The fraction of sp³-hybridized carbons (Fsp3) is 0.167. The minimum absolute atomic E-state index is 0.0750. The van der Waals surface area contributed by atoms with Gasteiger partial charge in [-0.05, 0) is 6.07 Å². The van der Waals surface area contributed by atoms with Gasteiger partial charge in [0.15, 0.2) is 10.0 Å². The Bertz CT molecular complexity index is 600. The number of hydrogen-bond acceptors (Lipinski definition) is 5. The summed E-state index contributed by atoms with van der Waals surface area (Å²) in [5.41, 5.74) is 0.829. The quantitative estimate of drug-likeness (QED) is 0.804. The Labute approximate surface area is 123 Å². The molecular formula is C12H9Cl2NO3S. The van der Waals surface area contributed by atoms with E-state index in [1.165, 1.54) is 7.11 Å². The molecule has 1 aromatic carbocycles. The van der Waals surface area contributed by atoms with E-state index in [4.69, 9.17) is 27.9 Å². The first-order valence-corrected chi connectivity index (χ1v) is 6.80. The minimum atomic E-state index is -0.532. The summed E-state index contributed by atoms with van der Waals surface area (Å²) in [6.07, 6.45) is 0. The molecule has 0 spiro atoms. The van der Waals surface area contributed by atoms with Gasteiger partial charge in [0.05, 0.1) is 7.11 Å². The highest BCUT2D eigenvalue weighted by Crippen LogP contribution is 2.30. The normalized spacial score (nSPS) is 10.3. The lowest BCUT2D eigenvalue weighted by molar-refractivity contribution is 0.0606. The van der Waals surface area contributed by atoms with Crippen molar-refractivity contribution in [2.75, 3.05) is 7.11 Å². The Hall–Kier alpha value is -1.30. The van der Waals surface area contributed by atoms with Crippen LogP contribution in [-0.2, 0) is 11.3 Å². The van der Waals surface area contributed by atoms with Crippen LogP contribution in [0.5, 0.6) is 5.19 Å². The number of benzene rings is 1. The van der Waals surface area contributed by atoms with E-state index in [0.29, 0.717) is 10.2 Å². The van der Waals surface area contributed by atoms with E-state index in [9.17, 15) is 4.79 Å². The molecule has 0 saturated heterocycles. The smallest absolute Gasteiger partial charge is 0.351 e. The first-order chi connectivity index (χ1) is 9.11. The Morgan fingerprint density at radius 2 is 2.11 bits per heavy atom. The summed E-state index contributed by atoms with van der Waals surface area (Å²) >= 11 is 12.9. The van der Waals surface area contributed by atoms with E-state index in [-0.39, 0.29) is 16.6 Å². The number of ether oxygens (including phenoxy) is 2. The summed E-state index contributed by atoms with van der Waals surface area (Å²) in [6, 6.07) is 7.31. The van der Waals surface area contributed by atoms with Gasteiger partial charge in [-0.1, -0.05) is 52.7 Å². The van der Waals surface area contributed by atoms with Gasteiger partial charge in [-0.15, -0.1) is 0 Å². The largest absolute Gasteiger partial charge is 0.465 e. The molecule has 0 bridgehead atoms. The van der Waals surface area contributed by atoms with Crippen LogP contribution in [0.4, 0.5) is 0 Å². The molecule has 1 heterocycles. The second-order valence-electron chi connectivity index (χ2n) is 3.47. The van der Waals surface area contributed by atoms with Crippen molar-refractivity contribution in [3.63, 3.8) is 0 Å². The van der Waals surface area contributed by atoms with Gasteiger partial charge in [-0.3, -0.25) is 0 Å². The Kier molecular flexibility index (Phi) is 4.63. The van der Waals surface area contributed by atoms with Crippen molar-refractivity contribution in [1.82, 2.24) is 4.98 Å². The van der Waals surface area contributed by atoms with E-state index in [2.05, 4.69) is 9.72 Å². The topological polar surface area (TPSA) is 48.4 Å². The first-order valence-electron chi connectivity index (χ1n) is 5.22. The number of hydrogen-bond donors (Lipinski definition) is 0.